The van der Waals surface area contributed by atoms with Gasteiger partial charge in [-0.3, -0.25) is 9.59 Å². The Morgan fingerprint density at radius 1 is 1.00 bits per heavy atom. The number of benzene rings is 2. The van der Waals surface area contributed by atoms with Gasteiger partial charge in [-0.05, 0) is 36.5 Å². The van der Waals surface area contributed by atoms with Crippen molar-refractivity contribution < 1.29 is 9.59 Å². The number of hydrogen-bond acceptors (Lipinski definition) is 2. The number of aromatic nitrogens is 1. The smallest absolute Gasteiger partial charge is 0.246 e. The van der Waals surface area contributed by atoms with Crippen molar-refractivity contribution in [1.29, 1.82) is 0 Å². The summed E-state index contributed by atoms with van der Waals surface area (Å²) in [5.41, 5.74) is 4.65. The van der Waals surface area contributed by atoms with Crippen LogP contribution in [0.4, 0.5) is 0 Å². The predicted molar refractivity (Wildman–Crippen MR) is 126 cm³/mol. The summed E-state index contributed by atoms with van der Waals surface area (Å²) in [5.74, 6) is 0.190. The van der Waals surface area contributed by atoms with Gasteiger partial charge < -0.3 is 14.8 Å². The van der Waals surface area contributed by atoms with Crippen LogP contribution in [0, 0.1) is 0 Å². The van der Waals surface area contributed by atoms with E-state index in [1.165, 1.54) is 16.5 Å². The van der Waals surface area contributed by atoms with E-state index in [9.17, 15) is 9.59 Å². The molecule has 2 amide bonds. The van der Waals surface area contributed by atoms with Crippen LogP contribution in [0.5, 0.6) is 0 Å². The van der Waals surface area contributed by atoms with Gasteiger partial charge in [0.05, 0.1) is 12.6 Å². The summed E-state index contributed by atoms with van der Waals surface area (Å²) in [6.45, 7) is 3.04. The molecule has 5 heteroatoms. The molecule has 0 unspecified atom stereocenters. The quantitative estimate of drug-likeness (QED) is 0.557. The number of para-hydroxylation sites is 1. The maximum atomic E-state index is 13.5. The molecule has 0 spiro atoms. The average Bonchev–Trinajstić information content (AvgIpc) is 3.19. The Bertz CT molecular complexity index is 1120. The minimum absolute atomic E-state index is 0.0773. The number of H-pyrrole nitrogens is 1. The second kappa shape index (κ2) is 8.81. The number of nitrogens with zero attached hydrogens (tertiary/aromatic N) is 2. The number of hydrogen-bond donors (Lipinski definition) is 1. The number of aryl methyl sites for hydroxylation is 1. The Labute approximate surface area is 189 Å². The van der Waals surface area contributed by atoms with Gasteiger partial charge in [0.15, 0.2) is 0 Å². The van der Waals surface area contributed by atoms with E-state index in [1.807, 2.05) is 23.1 Å². The Morgan fingerprint density at radius 3 is 2.59 bits per heavy atom. The van der Waals surface area contributed by atoms with Crippen molar-refractivity contribution in [2.75, 3.05) is 13.1 Å². The normalized spacial score (nSPS) is 20.5. The van der Waals surface area contributed by atoms with Crippen molar-refractivity contribution in [2.45, 2.75) is 57.5 Å². The van der Waals surface area contributed by atoms with E-state index >= 15 is 0 Å². The number of unbranched alkanes of at least 4 members (excludes halogenated alkanes) is 2. The van der Waals surface area contributed by atoms with Gasteiger partial charge in [0.25, 0.3) is 0 Å². The molecule has 1 N–H and O–H groups in total. The topological polar surface area (TPSA) is 56.4 Å². The highest BCUT2D eigenvalue weighted by molar-refractivity contribution is 5.97. The molecule has 2 aliphatic heterocycles. The molecule has 32 heavy (non-hydrogen) atoms. The average molecular weight is 430 g/mol. The molecule has 0 aliphatic carbocycles. The lowest BCUT2D eigenvalue weighted by Gasteiger charge is -2.47. The standard InChI is InChI=1S/C27H31N3O2/c1-2-3-9-16-29-18-25(31)30-23(15-14-19-10-5-4-6-11-19)26-21(17-24(30)27(29)32)20-12-7-8-13-22(20)28-26/h4-8,10-13,23-24,28H,2-3,9,14-18H2,1H3/t23-,24+/m1/s1. The van der Waals surface area contributed by atoms with Gasteiger partial charge in [0, 0.05) is 29.6 Å². The van der Waals surface area contributed by atoms with Gasteiger partial charge in [0.1, 0.15) is 6.04 Å². The minimum atomic E-state index is -0.398. The van der Waals surface area contributed by atoms with Crippen molar-refractivity contribution in [3.63, 3.8) is 0 Å². The van der Waals surface area contributed by atoms with Crippen LogP contribution in [0.15, 0.2) is 54.6 Å². The molecule has 0 radical (unpaired) electrons. The third-order valence-corrected chi connectivity index (χ3v) is 7.04. The van der Waals surface area contributed by atoms with Crippen LogP contribution in [0.25, 0.3) is 10.9 Å². The van der Waals surface area contributed by atoms with Gasteiger partial charge in [-0.1, -0.05) is 68.3 Å². The van der Waals surface area contributed by atoms with Crippen LogP contribution in [-0.2, 0) is 22.4 Å². The molecule has 2 atom stereocenters. The van der Waals surface area contributed by atoms with E-state index < -0.39 is 6.04 Å². The number of amides is 2. The van der Waals surface area contributed by atoms with Crippen LogP contribution in [-0.4, -0.2) is 45.7 Å². The largest absolute Gasteiger partial charge is 0.356 e. The molecule has 166 valence electrons. The van der Waals surface area contributed by atoms with Crippen molar-refractivity contribution >= 4 is 22.7 Å². The zero-order chi connectivity index (χ0) is 22.1. The number of aromatic amines is 1. The van der Waals surface area contributed by atoms with Crippen LogP contribution in [0.2, 0.25) is 0 Å². The lowest BCUT2D eigenvalue weighted by Crippen LogP contribution is -2.63. The number of carbonyl (C=O) groups is 2. The Balaban J connectivity index is 1.50. The highest BCUT2D eigenvalue weighted by Crippen LogP contribution is 2.41. The third-order valence-electron chi connectivity index (χ3n) is 7.04. The zero-order valence-electron chi connectivity index (χ0n) is 18.7. The molecule has 3 heterocycles. The number of rotatable bonds is 7. The highest BCUT2D eigenvalue weighted by atomic mass is 16.2. The zero-order valence-corrected chi connectivity index (χ0v) is 18.7. The van der Waals surface area contributed by atoms with Crippen LogP contribution >= 0.6 is 0 Å². The predicted octanol–water partition coefficient (Wildman–Crippen LogP) is 4.63. The molecule has 1 aromatic heterocycles. The van der Waals surface area contributed by atoms with Gasteiger partial charge >= 0.3 is 0 Å². The summed E-state index contributed by atoms with van der Waals surface area (Å²) in [5, 5.41) is 1.18. The molecular formula is C27H31N3O2. The van der Waals surface area contributed by atoms with Gasteiger partial charge in [-0.15, -0.1) is 0 Å². The Kier molecular flexibility index (Phi) is 5.73. The van der Waals surface area contributed by atoms with Crippen LogP contribution < -0.4 is 0 Å². The van der Waals surface area contributed by atoms with E-state index in [2.05, 4.69) is 48.3 Å². The van der Waals surface area contributed by atoms with Crippen molar-refractivity contribution in [3.05, 3.63) is 71.4 Å². The third kappa shape index (κ3) is 3.70. The van der Waals surface area contributed by atoms with E-state index in [1.54, 1.807) is 4.90 Å². The maximum Gasteiger partial charge on any atom is 0.246 e. The fourth-order valence-corrected chi connectivity index (χ4v) is 5.43. The minimum Gasteiger partial charge on any atom is -0.356 e. The maximum absolute atomic E-state index is 13.5. The van der Waals surface area contributed by atoms with Crippen molar-refractivity contribution in [1.82, 2.24) is 14.8 Å². The molecule has 1 fully saturated rings. The first-order valence-corrected chi connectivity index (χ1v) is 11.9. The van der Waals surface area contributed by atoms with Crippen LogP contribution in [0.3, 0.4) is 0 Å². The molecule has 5 nitrogen and oxygen atoms in total. The Hall–Kier alpha value is -3.08. The highest BCUT2D eigenvalue weighted by Gasteiger charge is 2.47. The first kappa shape index (κ1) is 20.8. The summed E-state index contributed by atoms with van der Waals surface area (Å²) in [4.78, 5) is 34.2. The fourth-order valence-electron chi connectivity index (χ4n) is 5.43. The lowest BCUT2D eigenvalue weighted by molar-refractivity contribution is -0.159. The van der Waals surface area contributed by atoms with Crippen molar-refractivity contribution in [3.8, 4) is 0 Å². The lowest BCUT2D eigenvalue weighted by atomic mass is 9.86. The summed E-state index contributed by atoms with van der Waals surface area (Å²) in [6.07, 6.45) is 5.40. The number of fused-ring (bicyclic) bond motifs is 4. The molecule has 2 aliphatic rings. The molecule has 2 aromatic carbocycles. The summed E-state index contributed by atoms with van der Waals surface area (Å²) in [7, 11) is 0. The van der Waals surface area contributed by atoms with Gasteiger partial charge in [-0.2, -0.15) is 0 Å². The first-order valence-electron chi connectivity index (χ1n) is 11.9. The second-order valence-corrected chi connectivity index (χ2v) is 9.09. The molecule has 5 rings (SSSR count). The molecule has 3 aromatic rings. The monoisotopic (exact) mass is 429 g/mol. The SMILES string of the molecule is CCCCCN1CC(=O)N2[C@H](CCc3ccccc3)c3[nH]c4ccccc4c3C[C@H]2C1=O. The van der Waals surface area contributed by atoms with E-state index in [4.69, 9.17) is 0 Å². The second-order valence-electron chi connectivity index (χ2n) is 9.09. The molecular weight excluding hydrogens is 398 g/mol. The molecule has 1 saturated heterocycles. The fraction of sp³-hybridized carbons (Fsp3) is 0.407. The number of carbonyl (C=O) groups excluding carboxylic acids is 2. The summed E-state index contributed by atoms with van der Waals surface area (Å²) >= 11 is 0. The van der Waals surface area contributed by atoms with Crippen LogP contribution in [0.1, 0.15) is 55.5 Å². The summed E-state index contributed by atoms with van der Waals surface area (Å²) in [6, 6.07) is 18.2. The van der Waals surface area contributed by atoms with Gasteiger partial charge in [0.2, 0.25) is 11.8 Å². The van der Waals surface area contributed by atoms with Crippen molar-refractivity contribution in [2.24, 2.45) is 0 Å². The van der Waals surface area contributed by atoms with Gasteiger partial charge in [-0.25, -0.2) is 0 Å². The molecule has 0 saturated carbocycles. The number of piperazine rings is 1. The van der Waals surface area contributed by atoms with E-state index in [0.29, 0.717) is 13.0 Å². The molecule has 0 bridgehead atoms. The first-order chi connectivity index (χ1) is 15.7. The number of nitrogens with one attached hydrogen (secondary N) is 1. The van der Waals surface area contributed by atoms with E-state index in [0.717, 1.165) is 43.3 Å². The summed E-state index contributed by atoms with van der Waals surface area (Å²) < 4.78 is 0. The van der Waals surface area contributed by atoms with E-state index in [-0.39, 0.29) is 24.4 Å². The Morgan fingerprint density at radius 2 is 1.78 bits per heavy atom.